The first-order chi connectivity index (χ1) is 9.94. The summed E-state index contributed by atoms with van der Waals surface area (Å²) in [5, 5.41) is 0. The number of benzene rings is 1. The van der Waals surface area contributed by atoms with Crippen LogP contribution >= 0.6 is 0 Å². The van der Waals surface area contributed by atoms with Crippen LogP contribution in [0.15, 0.2) is 35.6 Å². The summed E-state index contributed by atoms with van der Waals surface area (Å²) in [6.07, 6.45) is 2.90. The smallest absolute Gasteiger partial charge is 0.244 e. The van der Waals surface area contributed by atoms with Gasteiger partial charge in [-0.2, -0.15) is 0 Å². The third kappa shape index (κ3) is 3.47. The quantitative estimate of drug-likeness (QED) is 0.793. The Morgan fingerprint density at radius 3 is 2.76 bits per heavy atom. The Balaban J connectivity index is 2.29. The van der Waals surface area contributed by atoms with E-state index < -0.39 is 10.0 Å². The maximum Gasteiger partial charge on any atom is 0.244 e. The van der Waals surface area contributed by atoms with Crippen LogP contribution in [0, 0.1) is 6.92 Å². The van der Waals surface area contributed by atoms with E-state index in [-0.39, 0.29) is 17.2 Å². The van der Waals surface area contributed by atoms with E-state index in [1.54, 1.807) is 25.3 Å². The van der Waals surface area contributed by atoms with Crippen LogP contribution in [-0.4, -0.2) is 25.5 Å². The van der Waals surface area contributed by atoms with E-state index in [4.69, 9.17) is 10.5 Å². The SMILES string of the molecule is COc1cc(C)c(N)cc1S(=O)(=O)NCc1ccncn1. The van der Waals surface area contributed by atoms with Gasteiger partial charge in [0.05, 0.1) is 19.3 Å². The Morgan fingerprint density at radius 1 is 1.38 bits per heavy atom. The first-order valence-electron chi connectivity index (χ1n) is 6.12. The summed E-state index contributed by atoms with van der Waals surface area (Å²) >= 11 is 0. The van der Waals surface area contributed by atoms with Gasteiger partial charge in [0.1, 0.15) is 17.0 Å². The first kappa shape index (κ1) is 15.2. The molecule has 0 aliphatic rings. The van der Waals surface area contributed by atoms with Crippen LogP contribution in [0.5, 0.6) is 5.75 Å². The number of anilines is 1. The molecule has 0 saturated carbocycles. The molecule has 8 heteroatoms. The first-order valence-corrected chi connectivity index (χ1v) is 7.61. The molecule has 1 aromatic carbocycles. The van der Waals surface area contributed by atoms with Gasteiger partial charge >= 0.3 is 0 Å². The molecule has 0 unspecified atom stereocenters. The number of hydrogen-bond acceptors (Lipinski definition) is 6. The fourth-order valence-corrected chi connectivity index (χ4v) is 2.90. The van der Waals surface area contributed by atoms with E-state index in [0.29, 0.717) is 11.4 Å². The van der Waals surface area contributed by atoms with Gasteiger partial charge in [-0.05, 0) is 30.7 Å². The molecule has 0 spiro atoms. The molecule has 3 N–H and O–H groups in total. The molecule has 1 heterocycles. The fraction of sp³-hybridized carbons (Fsp3) is 0.231. The average molecular weight is 308 g/mol. The second-order valence-corrected chi connectivity index (χ2v) is 6.12. The van der Waals surface area contributed by atoms with E-state index in [1.165, 1.54) is 19.5 Å². The predicted octanol–water partition coefficient (Wildman–Crippen LogP) is 0.854. The zero-order valence-electron chi connectivity index (χ0n) is 11.7. The van der Waals surface area contributed by atoms with Gasteiger partial charge < -0.3 is 10.5 Å². The number of ether oxygens (including phenoxy) is 1. The van der Waals surface area contributed by atoms with E-state index in [2.05, 4.69) is 14.7 Å². The molecule has 2 aromatic rings. The van der Waals surface area contributed by atoms with Crippen molar-refractivity contribution in [2.45, 2.75) is 18.4 Å². The number of rotatable bonds is 5. The van der Waals surface area contributed by atoms with Crippen LogP contribution in [0.4, 0.5) is 5.69 Å². The van der Waals surface area contributed by atoms with E-state index >= 15 is 0 Å². The highest BCUT2D eigenvalue weighted by Gasteiger charge is 2.20. The maximum atomic E-state index is 12.4. The molecular weight excluding hydrogens is 292 g/mol. The minimum absolute atomic E-state index is 0.00200. The number of nitrogens with two attached hydrogens (primary N) is 1. The molecular formula is C13H16N4O3S. The number of nitrogen functional groups attached to an aromatic ring is 1. The number of aromatic nitrogens is 2. The lowest BCUT2D eigenvalue weighted by Crippen LogP contribution is -2.24. The van der Waals surface area contributed by atoms with Crippen LogP contribution < -0.4 is 15.2 Å². The second kappa shape index (κ2) is 6.06. The lowest BCUT2D eigenvalue weighted by molar-refractivity contribution is 0.402. The van der Waals surface area contributed by atoms with Crippen LogP contribution in [0.3, 0.4) is 0 Å². The van der Waals surface area contributed by atoms with Gasteiger partial charge in [-0.15, -0.1) is 0 Å². The van der Waals surface area contributed by atoms with Gasteiger partial charge in [-0.1, -0.05) is 0 Å². The number of aryl methyl sites for hydroxylation is 1. The summed E-state index contributed by atoms with van der Waals surface area (Å²) < 4.78 is 32.3. The topological polar surface area (TPSA) is 107 Å². The number of nitrogens with zero attached hydrogens (tertiary/aromatic N) is 2. The van der Waals surface area contributed by atoms with E-state index in [9.17, 15) is 8.42 Å². The van der Waals surface area contributed by atoms with Crippen LogP contribution in [0.1, 0.15) is 11.3 Å². The van der Waals surface area contributed by atoms with Crippen molar-refractivity contribution in [2.24, 2.45) is 0 Å². The van der Waals surface area contributed by atoms with Gasteiger partial charge in [-0.25, -0.2) is 23.1 Å². The van der Waals surface area contributed by atoms with Gasteiger partial charge in [-0.3, -0.25) is 0 Å². The molecule has 0 atom stereocenters. The average Bonchev–Trinajstić information content (AvgIpc) is 2.48. The molecule has 0 radical (unpaired) electrons. The standard InChI is InChI=1S/C13H16N4O3S/c1-9-5-12(20-2)13(6-11(9)14)21(18,19)17-7-10-3-4-15-8-16-10/h3-6,8,17H,7,14H2,1-2H3. The molecule has 7 nitrogen and oxygen atoms in total. The van der Waals surface area contributed by atoms with Crippen molar-refractivity contribution in [3.8, 4) is 5.75 Å². The van der Waals surface area contributed by atoms with Gasteiger partial charge in [0.25, 0.3) is 0 Å². The van der Waals surface area contributed by atoms with Crippen molar-refractivity contribution in [2.75, 3.05) is 12.8 Å². The number of methoxy groups -OCH3 is 1. The van der Waals surface area contributed by atoms with Crippen LogP contribution in [0.2, 0.25) is 0 Å². The molecule has 112 valence electrons. The van der Waals surface area contributed by atoms with Gasteiger partial charge in [0, 0.05) is 11.9 Å². The summed E-state index contributed by atoms with van der Waals surface area (Å²) in [7, 11) is -2.34. The zero-order valence-corrected chi connectivity index (χ0v) is 12.5. The molecule has 0 amide bonds. The molecule has 2 rings (SSSR count). The van der Waals surface area contributed by atoms with Crippen molar-refractivity contribution in [1.82, 2.24) is 14.7 Å². The van der Waals surface area contributed by atoms with Gasteiger partial charge in [0.2, 0.25) is 10.0 Å². The second-order valence-electron chi connectivity index (χ2n) is 4.38. The normalized spacial score (nSPS) is 11.3. The Kier molecular flexibility index (Phi) is 4.39. The molecule has 0 bridgehead atoms. The third-order valence-electron chi connectivity index (χ3n) is 2.93. The van der Waals surface area contributed by atoms with Crippen LogP contribution in [-0.2, 0) is 16.6 Å². The fourth-order valence-electron chi connectivity index (χ4n) is 1.72. The summed E-state index contributed by atoms with van der Waals surface area (Å²) in [5.41, 5.74) is 7.48. The summed E-state index contributed by atoms with van der Waals surface area (Å²) in [5.74, 6) is 0.247. The summed E-state index contributed by atoms with van der Waals surface area (Å²) in [6, 6.07) is 4.61. The molecule has 0 aliphatic heterocycles. The molecule has 1 aromatic heterocycles. The number of sulfonamides is 1. The summed E-state index contributed by atoms with van der Waals surface area (Å²) in [6.45, 7) is 1.84. The monoisotopic (exact) mass is 308 g/mol. The molecule has 21 heavy (non-hydrogen) atoms. The highest BCUT2D eigenvalue weighted by Crippen LogP contribution is 2.28. The van der Waals surface area contributed by atoms with Crippen molar-refractivity contribution in [3.05, 3.63) is 42.0 Å². The Morgan fingerprint density at radius 2 is 2.14 bits per heavy atom. The Hall–Kier alpha value is -2.19. The van der Waals surface area contributed by atoms with Gasteiger partial charge in [0.15, 0.2) is 0 Å². The maximum absolute atomic E-state index is 12.4. The minimum Gasteiger partial charge on any atom is -0.495 e. The molecule has 0 aliphatic carbocycles. The third-order valence-corrected chi connectivity index (χ3v) is 4.35. The highest BCUT2D eigenvalue weighted by molar-refractivity contribution is 7.89. The predicted molar refractivity (Wildman–Crippen MR) is 78.2 cm³/mol. The van der Waals surface area contributed by atoms with E-state index in [1.807, 2.05) is 0 Å². The van der Waals surface area contributed by atoms with Crippen molar-refractivity contribution in [1.29, 1.82) is 0 Å². The van der Waals surface area contributed by atoms with Crippen molar-refractivity contribution in [3.63, 3.8) is 0 Å². The van der Waals surface area contributed by atoms with E-state index in [0.717, 1.165) is 5.56 Å². The lowest BCUT2D eigenvalue weighted by Gasteiger charge is -2.12. The largest absolute Gasteiger partial charge is 0.495 e. The lowest BCUT2D eigenvalue weighted by atomic mass is 10.2. The minimum atomic E-state index is -3.76. The van der Waals surface area contributed by atoms with Crippen molar-refractivity contribution >= 4 is 15.7 Å². The summed E-state index contributed by atoms with van der Waals surface area (Å²) in [4.78, 5) is 7.73. The van der Waals surface area contributed by atoms with Crippen molar-refractivity contribution < 1.29 is 13.2 Å². The number of hydrogen-bond donors (Lipinski definition) is 2. The molecule has 0 fully saturated rings. The Bertz CT molecular complexity index is 733. The highest BCUT2D eigenvalue weighted by atomic mass is 32.2. The Labute approximate surface area is 123 Å². The zero-order chi connectivity index (χ0) is 15.5. The molecule has 0 saturated heterocycles. The van der Waals surface area contributed by atoms with Crippen LogP contribution in [0.25, 0.3) is 0 Å². The number of nitrogens with one attached hydrogen (secondary N) is 1.